The lowest BCUT2D eigenvalue weighted by Gasteiger charge is -1.63. The fourth-order valence-electron chi connectivity index (χ4n) is 0. The molecule has 32 valence electrons. The van der Waals surface area contributed by atoms with E-state index in [0.717, 1.165) is 0 Å². The highest BCUT2D eigenvalue weighted by molar-refractivity contribution is 7.85. The molecule has 0 rings (SSSR count). The van der Waals surface area contributed by atoms with Gasteiger partial charge in [0.25, 0.3) is 10.2 Å². The van der Waals surface area contributed by atoms with E-state index in [-0.39, 0.29) is 0 Å². The van der Waals surface area contributed by atoms with Gasteiger partial charge in [-0.05, 0) is 0 Å². The van der Waals surface area contributed by atoms with Gasteiger partial charge in [-0.1, -0.05) is 0 Å². The first-order valence-electron chi connectivity index (χ1n) is 0.896. The Morgan fingerprint density at radius 1 is 1.60 bits per heavy atom. The Hall–Kier alpha value is -0.120. The van der Waals surface area contributed by atoms with Crippen LogP contribution in [0.4, 0.5) is 3.89 Å². The van der Waals surface area contributed by atoms with Crippen molar-refractivity contribution in [2.75, 3.05) is 6.26 Å². The van der Waals surface area contributed by atoms with Gasteiger partial charge in [0.2, 0.25) is 0 Å². The molecular weight excluding hydrogens is 95.1 g/mol. The average molecular weight is 98.1 g/mol. The molecule has 0 radical (unpaired) electrons. The predicted molar refractivity (Wildman–Crippen MR) is 16.0 cm³/mol. The summed E-state index contributed by atoms with van der Waals surface area (Å²) >= 11 is 0. The zero-order valence-electron chi connectivity index (χ0n) is 2.60. The molecular formula is CH3FO2S. The highest BCUT2D eigenvalue weighted by atomic mass is 32.3. The molecule has 4 heteroatoms. The minimum atomic E-state index is -4.17. The minimum Gasteiger partial charge on any atom is -0.195 e. The first-order chi connectivity index (χ1) is 2.00. The molecule has 0 saturated heterocycles. The van der Waals surface area contributed by atoms with E-state index in [1.807, 2.05) is 0 Å². The first-order valence-corrected chi connectivity index (χ1v) is 2.69. The first kappa shape index (κ1) is 4.88. The standard InChI is InChI=1S/CH3FO2S/c1-5(2,3)4/h1H3. The summed E-state index contributed by atoms with van der Waals surface area (Å²) in [6, 6.07) is 0. The van der Waals surface area contributed by atoms with Crippen LogP contribution in [0, 0.1) is 0 Å². The van der Waals surface area contributed by atoms with Gasteiger partial charge in [0.15, 0.2) is 0 Å². The lowest BCUT2D eigenvalue weighted by molar-refractivity contribution is 0.559. The maximum Gasteiger partial charge on any atom is 0.299 e. The number of hydrogen-bond acceptors (Lipinski definition) is 2. The van der Waals surface area contributed by atoms with Gasteiger partial charge in [-0.15, -0.1) is 3.89 Å². The summed E-state index contributed by atoms with van der Waals surface area (Å²) in [5, 5.41) is 0. The summed E-state index contributed by atoms with van der Waals surface area (Å²) in [4.78, 5) is 0. The summed E-state index contributed by atoms with van der Waals surface area (Å²) in [7, 11) is -4.17. The monoisotopic (exact) mass is 98.0 g/mol. The van der Waals surface area contributed by atoms with Gasteiger partial charge in [0, 0.05) is 0 Å². The van der Waals surface area contributed by atoms with E-state index in [4.69, 9.17) is 8.42 Å². The van der Waals surface area contributed by atoms with Crippen LogP contribution in [0.3, 0.4) is 0 Å². The van der Waals surface area contributed by atoms with Crippen LogP contribution in [-0.4, -0.2) is 14.7 Å². The Balaban J connectivity index is 4.06. The Morgan fingerprint density at radius 3 is 1.60 bits per heavy atom. The number of rotatable bonds is 0. The van der Waals surface area contributed by atoms with Crippen molar-refractivity contribution < 1.29 is 12.3 Å². The fourth-order valence-corrected chi connectivity index (χ4v) is 0. The summed E-state index contributed by atoms with van der Waals surface area (Å²) in [6.45, 7) is 0. The molecule has 0 aromatic carbocycles. The third-order valence-corrected chi connectivity index (χ3v) is 0. The lowest BCUT2D eigenvalue weighted by atomic mass is 12.0. The maximum atomic E-state index is 10.7. The molecule has 5 heavy (non-hydrogen) atoms. The predicted octanol–water partition coefficient (Wildman–Crippen LogP) is -0.0845. The SMILES string of the molecule is CS(=O)(=O)F. The second-order valence-electron chi connectivity index (χ2n) is 0.682. The smallest absolute Gasteiger partial charge is 0.195 e. The molecule has 0 unspecified atom stereocenters. The van der Waals surface area contributed by atoms with Crippen LogP contribution in [0.25, 0.3) is 0 Å². The van der Waals surface area contributed by atoms with Crippen LogP contribution >= 0.6 is 0 Å². The molecule has 0 amide bonds. The van der Waals surface area contributed by atoms with E-state index in [0.29, 0.717) is 6.26 Å². The lowest BCUT2D eigenvalue weighted by Crippen LogP contribution is -1.78. The van der Waals surface area contributed by atoms with Gasteiger partial charge in [0.05, 0.1) is 6.26 Å². The molecule has 0 atom stereocenters. The third kappa shape index (κ3) is 952. The molecule has 2 nitrogen and oxygen atoms in total. The summed E-state index contributed by atoms with van der Waals surface area (Å²) in [5.74, 6) is 0. The van der Waals surface area contributed by atoms with E-state index in [1.165, 1.54) is 0 Å². The van der Waals surface area contributed by atoms with Crippen molar-refractivity contribution in [3.05, 3.63) is 0 Å². The van der Waals surface area contributed by atoms with Gasteiger partial charge in [-0.25, -0.2) is 0 Å². The van der Waals surface area contributed by atoms with Crippen LogP contribution in [0.1, 0.15) is 0 Å². The van der Waals surface area contributed by atoms with Gasteiger partial charge >= 0.3 is 0 Å². The van der Waals surface area contributed by atoms with Crippen LogP contribution in [0.15, 0.2) is 0 Å². The summed E-state index contributed by atoms with van der Waals surface area (Å²) in [6.07, 6.45) is 0.493. The summed E-state index contributed by atoms with van der Waals surface area (Å²) < 4.78 is 28.6. The molecule has 0 aliphatic carbocycles. The van der Waals surface area contributed by atoms with E-state index in [1.54, 1.807) is 0 Å². The Kier molecular flexibility index (Phi) is 0.908. The third-order valence-electron chi connectivity index (χ3n) is 0. The van der Waals surface area contributed by atoms with E-state index in [9.17, 15) is 3.89 Å². The van der Waals surface area contributed by atoms with Gasteiger partial charge in [-0.3, -0.25) is 0 Å². The maximum absolute atomic E-state index is 10.7. The normalized spacial score (nSPS) is 11.6. The Labute approximate surface area is 29.8 Å². The zero-order valence-corrected chi connectivity index (χ0v) is 3.42. The van der Waals surface area contributed by atoms with Gasteiger partial charge < -0.3 is 0 Å². The molecule has 0 heterocycles. The van der Waals surface area contributed by atoms with Crippen molar-refractivity contribution in [2.45, 2.75) is 0 Å². The number of hydrogen-bond donors (Lipinski definition) is 0. The van der Waals surface area contributed by atoms with Crippen molar-refractivity contribution in [2.24, 2.45) is 0 Å². The van der Waals surface area contributed by atoms with Crippen molar-refractivity contribution in [1.29, 1.82) is 0 Å². The molecule has 0 aromatic heterocycles. The van der Waals surface area contributed by atoms with Crippen LogP contribution in [0.2, 0.25) is 0 Å². The van der Waals surface area contributed by atoms with Crippen molar-refractivity contribution >= 4 is 10.2 Å². The fraction of sp³-hybridized carbons (Fsp3) is 1.00. The molecule has 0 bridgehead atoms. The molecule has 0 fully saturated rings. The van der Waals surface area contributed by atoms with Gasteiger partial charge in [-0.2, -0.15) is 8.42 Å². The summed E-state index contributed by atoms with van der Waals surface area (Å²) in [5.41, 5.74) is 0. The molecule has 0 spiro atoms. The second-order valence-corrected chi connectivity index (χ2v) is 2.04. The number of halogens is 1. The largest absolute Gasteiger partial charge is 0.299 e. The van der Waals surface area contributed by atoms with Crippen LogP contribution < -0.4 is 0 Å². The van der Waals surface area contributed by atoms with E-state index < -0.39 is 10.2 Å². The van der Waals surface area contributed by atoms with Crippen molar-refractivity contribution in [3.63, 3.8) is 0 Å². The minimum absolute atomic E-state index is 0.493. The molecule has 0 saturated carbocycles. The molecule has 0 aliphatic heterocycles. The average Bonchev–Trinajstić information content (AvgIpc) is 0.722. The molecule has 0 aromatic rings. The Bertz CT molecular complexity index is 92.8. The molecule has 0 aliphatic rings. The van der Waals surface area contributed by atoms with Crippen molar-refractivity contribution in [1.82, 2.24) is 0 Å². The quantitative estimate of drug-likeness (QED) is 0.397. The topological polar surface area (TPSA) is 34.1 Å². The van der Waals surface area contributed by atoms with Crippen LogP contribution in [-0.2, 0) is 10.2 Å². The Morgan fingerprint density at radius 2 is 1.60 bits per heavy atom. The van der Waals surface area contributed by atoms with E-state index in [2.05, 4.69) is 0 Å². The van der Waals surface area contributed by atoms with Gasteiger partial charge in [0.1, 0.15) is 0 Å². The highest BCUT2D eigenvalue weighted by Crippen LogP contribution is 1.75. The highest BCUT2D eigenvalue weighted by Gasteiger charge is 1.86. The van der Waals surface area contributed by atoms with Crippen molar-refractivity contribution in [3.8, 4) is 0 Å². The van der Waals surface area contributed by atoms with E-state index >= 15 is 0 Å². The molecule has 0 N–H and O–H groups in total. The zero-order chi connectivity index (χ0) is 4.50. The second kappa shape index (κ2) is 0.931. The van der Waals surface area contributed by atoms with Crippen LogP contribution in [0.5, 0.6) is 0 Å².